The molecular weight excluding hydrogens is 406 g/mol. The van der Waals surface area contributed by atoms with E-state index in [1.165, 1.54) is 6.92 Å². The van der Waals surface area contributed by atoms with Gasteiger partial charge in [0, 0.05) is 25.7 Å². The summed E-state index contributed by atoms with van der Waals surface area (Å²) in [5.74, 6) is 1.33. The van der Waals surface area contributed by atoms with Crippen molar-refractivity contribution in [1.29, 1.82) is 0 Å². The molecule has 0 aliphatic rings. The van der Waals surface area contributed by atoms with Crippen LogP contribution in [0.4, 0.5) is 5.69 Å². The van der Waals surface area contributed by atoms with Crippen LogP contribution in [-0.2, 0) is 16.1 Å². The van der Waals surface area contributed by atoms with E-state index < -0.39 is 5.60 Å². The summed E-state index contributed by atoms with van der Waals surface area (Å²) in [5, 5.41) is 4.85. The Labute approximate surface area is 189 Å². The van der Waals surface area contributed by atoms with E-state index >= 15 is 0 Å². The summed E-state index contributed by atoms with van der Waals surface area (Å²) in [6, 6.07) is 15.7. The van der Waals surface area contributed by atoms with Crippen LogP contribution in [0, 0.1) is 0 Å². The summed E-state index contributed by atoms with van der Waals surface area (Å²) in [6.07, 6.45) is 0. The molecule has 0 saturated heterocycles. The molecule has 0 unspecified atom stereocenters. The van der Waals surface area contributed by atoms with Gasteiger partial charge >= 0.3 is 0 Å². The molecule has 0 radical (unpaired) electrons. The number of anilines is 1. The number of hydrogen-bond donors (Lipinski definition) is 0. The molecule has 0 spiro atoms. The third kappa shape index (κ3) is 4.94. The molecule has 2 aromatic carbocycles. The predicted octanol–water partition coefficient (Wildman–Crippen LogP) is 4.51. The Morgan fingerprint density at radius 1 is 1.03 bits per heavy atom. The van der Waals surface area contributed by atoms with Crippen molar-refractivity contribution in [2.24, 2.45) is 0 Å². The van der Waals surface area contributed by atoms with Gasteiger partial charge in [-0.25, -0.2) is 4.68 Å². The zero-order valence-electron chi connectivity index (χ0n) is 19.8. The Morgan fingerprint density at radius 3 is 2.22 bits per heavy atom. The number of hydrogen-bond acceptors (Lipinski definition) is 6. The summed E-state index contributed by atoms with van der Waals surface area (Å²) in [5.41, 5.74) is 3.51. The standard InChI is InChI=1S/C25H31N3O4/c1-17(29)25(2,3)32-16-19-14-24(18-12-20(30-6)15-21(13-18)31-7)28(26-19)23-11-9-8-10-22(23)27(4)5/h8-15H,16H2,1-7H3. The number of nitrogens with zero attached hydrogens (tertiary/aromatic N) is 3. The van der Waals surface area contributed by atoms with E-state index in [2.05, 4.69) is 0 Å². The Hall–Kier alpha value is -3.32. The number of ether oxygens (including phenoxy) is 3. The quantitative estimate of drug-likeness (QED) is 0.491. The fourth-order valence-corrected chi connectivity index (χ4v) is 3.22. The molecule has 0 N–H and O–H groups in total. The first-order valence-corrected chi connectivity index (χ1v) is 10.4. The minimum atomic E-state index is -0.884. The predicted molar refractivity (Wildman–Crippen MR) is 126 cm³/mol. The van der Waals surface area contributed by atoms with Crippen LogP contribution in [0.15, 0.2) is 48.5 Å². The number of rotatable bonds is 9. The van der Waals surface area contributed by atoms with Gasteiger partial charge in [-0.1, -0.05) is 12.1 Å². The summed E-state index contributed by atoms with van der Waals surface area (Å²) in [7, 11) is 7.24. The largest absolute Gasteiger partial charge is 0.497 e. The first-order chi connectivity index (χ1) is 15.2. The fourth-order valence-electron chi connectivity index (χ4n) is 3.22. The minimum absolute atomic E-state index is 0.0346. The van der Waals surface area contributed by atoms with Gasteiger partial charge in [-0.05, 0) is 51.1 Å². The van der Waals surface area contributed by atoms with Crippen LogP contribution < -0.4 is 14.4 Å². The van der Waals surface area contributed by atoms with Crippen molar-refractivity contribution in [3.05, 3.63) is 54.2 Å². The molecule has 32 heavy (non-hydrogen) atoms. The SMILES string of the molecule is COc1cc(OC)cc(-c2cc(COC(C)(C)C(C)=O)nn2-c2ccccc2N(C)C)c1. The normalized spacial score (nSPS) is 11.3. The summed E-state index contributed by atoms with van der Waals surface area (Å²) in [6.45, 7) is 5.26. The molecule has 3 aromatic rings. The highest BCUT2D eigenvalue weighted by Gasteiger charge is 2.25. The van der Waals surface area contributed by atoms with Crippen LogP contribution in [0.25, 0.3) is 16.9 Å². The van der Waals surface area contributed by atoms with Crippen LogP contribution in [0.1, 0.15) is 26.5 Å². The number of carbonyl (C=O) groups excluding carboxylic acids is 1. The van der Waals surface area contributed by atoms with Crippen LogP contribution >= 0.6 is 0 Å². The third-order valence-electron chi connectivity index (χ3n) is 5.43. The molecule has 0 bridgehead atoms. The van der Waals surface area contributed by atoms with Gasteiger partial charge in [0.1, 0.15) is 17.1 Å². The van der Waals surface area contributed by atoms with Crippen LogP contribution in [0.5, 0.6) is 11.5 Å². The highest BCUT2D eigenvalue weighted by molar-refractivity contribution is 5.84. The van der Waals surface area contributed by atoms with Gasteiger partial charge in [0.2, 0.25) is 0 Å². The number of ketones is 1. The first-order valence-electron chi connectivity index (χ1n) is 10.4. The van der Waals surface area contributed by atoms with E-state index in [0.717, 1.165) is 22.6 Å². The highest BCUT2D eigenvalue weighted by atomic mass is 16.5. The molecule has 7 nitrogen and oxygen atoms in total. The summed E-state index contributed by atoms with van der Waals surface area (Å²) < 4.78 is 18.7. The Morgan fingerprint density at radius 2 is 1.66 bits per heavy atom. The zero-order valence-corrected chi connectivity index (χ0v) is 19.8. The molecule has 170 valence electrons. The van der Waals surface area contributed by atoms with Crippen molar-refractivity contribution in [2.45, 2.75) is 33.0 Å². The van der Waals surface area contributed by atoms with Crippen molar-refractivity contribution >= 4 is 11.5 Å². The van der Waals surface area contributed by atoms with E-state index in [1.54, 1.807) is 28.1 Å². The second kappa shape index (κ2) is 9.44. The molecule has 0 saturated carbocycles. The lowest BCUT2D eigenvalue weighted by Crippen LogP contribution is -2.32. The molecule has 1 aromatic heterocycles. The first kappa shape index (κ1) is 23.3. The maximum absolute atomic E-state index is 11.9. The topological polar surface area (TPSA) is 65.8 Å². The molecule has 0 aliphatic carbocycles. The Bertz CT molecular complexity index is 1080. The Kier molecular flexibility index (Phi) is 6.89. The van der Waals surface area contributed by atoms with Crippen molar-refractivity contribution in [1.82, 2.24) is 9.78 Å². The second-order valence-corrected chi connectivity index (χ2v) is 8.27. The number of para-hydroxylation sites is 2. The maximum Gasteiger partial charge on any atom is 0.161 e. The maximum atomic E-state index is 11.9. The molecule has 0 aliphatic heterocycles. The number of Topliss-reactive ketones (excluding diaryl/α,β-unsaturated/α-hetero) is 1. The molecule has 0 amide bonds. The molecule has 1 heterocycles. The van der Waals surface area contributed by atoms with Crippen molar-refractivity contribution < 1.29 is 19.0 Å². The van der Waals surface area contributed by atoms with Crippen molar-refractivity contribution in [3.63, 3.8) is 0 Å². The molecule has 7 heteroatoms. The lowest BCUT2D eigenvalue weighted by molar-refractivity contribution is -0.139. The van der Waals surface area contributed by atoms with Gasteiger partial charge in [-0.3, -0.25) is 4.79 Å². The minimum Gasteiger partial charge on any atom is -0.497 e. The van der Waals surface area contributed by atoms with E-state index in [4.69, 9.17) is 19.3 Å². The van der Waals surface area contributed by atoms with Crippen molar-refractivity contribution in [2.75, 3.05) is 33.2 Å². The molecule has 0 fully saturated rings. The third-order valence-corrected chi connectivity index (χ3v) is 5.43. The average molecular weight is 438 g/mol. The average Bonchev–Trinajstić information content (AvgIpc) is 3.21. The number of benzene rings is 2. The van der Waals surface area contributed by atoms with Gasteiger partial charge in [-0.15, -0.1) is 0 Å². The van der Waals surface area contributed by atoms with E-state index in [-0.39, 0.29) is 12.4 Å². The lowest BCUT2D eigenvalue weighted by atomic mass is 10.1. The molecular formula is C25H31N3O4. The second-order valence-electron chi connectivity index (χ2n) is 8.27. The van der Waals surface area contributed by atoms with Crippen molar-refractivity contribution in [3.8, 4) is 28.4 Å². The van der Waals surface area contributed by atoms with Gasteiger partial charge in [0.15, 0.2) is 5.78 Å². The van der Waals surface area contributed by atoms with Crippen LogP contribution in [-0.4, -0.2) is 49.5 Å². The fraction of sp³-hybridized carbons (Fsp3) is 0.360. The summed E-state index contributed by atoms with van der Waals surface area (Å²) >= 11 is 0. The van der Waals surface area contributed by atoms with Gasteiger partial charge in [-0.2, -0.15) is 5.10 Å². The van der Waals surface area contributed by atoms with E-state index in [0.29, 0.717) is 17.2 Å². The van der Waals surface area contributed by atoms with E-state index in [1.807, 2.05) is 72.2 Å². The summed E-state index contributed by atoms with van der Waals surface area (Å²) in [4.78, 5) is 13.9. The number of methoxy groups -OCH3 is 2. The number of carbonyl (C=O) groups is 1. The van der Waals surface area contributed by atoms with E-state index in [9.17, 15) is 4.79 Å². The van der Waals surface area contributed by atoms with Gasteiger partial charge in [0.25, 0.3) is 0 Å². The van der Waals surface area contributed by atoms with Crippen LogP contribution in [0.3, 0.4) is 0 Å². The highest BCUT2D eigenvalue weighted by Crippen LogP contribution is 2.34. The molecule has 0 atom stereocenters. The van der Waals surface area contributed by atoms with Crippen LogP contribution in [0.2, 0.25) is 0 Å². The monoisotopic (exact) mass is 437 g/mol. The Balaban J connectivity index is 2.16. The lowest BCUT2D eigenvalue weighted by Gasteiger charge is -2.21. The van der Waals surface area contributed by atoms with Gasteiger partial charge in [0.05, 0.1) is 43.6 Å². The molecule has 3 rings (SSSR count). The smallest absolute Gasteiger partial charge is 0.161 e. The number of aromatic nitrogens is 2. The van der Waals surface area contributed by atoms with Gasteiger partial charge < -0.3 is 19.1 Å². The zero-order chi connectivity index (χ0) is 23.5.